The van der Waals surface area contributed by atoms with Crippen molar-refractivity contribution in [1.29, 1.82) is 0 Å². The molecular weight excluding hydrogens is 346 g/mol. The number of rotatable bonds is 5. The van der Waals surface area contributed by atoms with Gasteiger partial charge in [-0.2, -0.15) is 0 Å². The second kappa shape index (κ2) is 6.23. The van der Waals surface area contributed by atoms with Crippen LogP contribution in [0.15, 0.2) is 53.1 Å². The molecule has 0 aliphatic heterocycles. The van der Waals surface area contributed by atoms with Crippen molar-refractivity contribution in [2.75, 3.05) is 0 Å². The van der Waals surface area contributed by atoms with Crippen LogP contribution in [0.2, 0.25) is 0 Å². The highest BCUT2D eigenvalue weighted by Gasteiger charge is 2.08. The quantitative estimate of drug-likeness (QED) is 0.719. The number of para-hydroxylation sites is 1. The van der Waals surface area contributed by atoms with Crippen molar-refractivity contribution in [1.82, 2.24) is 4.98 Å². The van der Waals surface area contributed by atoms with Gasteiger partial charge in [0.1, 0.15) is 12.4 Å². The van der Waals surface area contributed by atoms with Gasteiger partial charge in [-0.3, -0.25) is 4.79 Å². The number of carboxylic acid groups (broad SMARTS) is 1. The molecule has 3 aromatic rings. The van der Waals surface area contributed by atoms with E-state index >= 15 is 0 Å². The van der Waals surface area contributed by atoms with E-state index in [1.54, 1.807) is 12.1 Å². The van der Waals surface area contributed by atoms with Gasteiger partial charge in [0.2, 0.25) is 0 Å². The minimum atomic E-state index is -0.868. The van der Waals surface area contributed by atoms with Gasteiger partial charge >= 0.3 is 5.97 Å². The molecule has 0 saturated heterocycles. The Morgan fingerprint density at radius 2 is 2.05 bits per heavy atom. The third-order valence-corrected chi connectivity index (χ3v) is 4.01. The summed E-state index contributed by atoms with van der Waals surface area (Å²) in [5.41, 5.74) is 2.75. The number of ether oxygens (including phenoxy) is 1. The van der Waals surface area contributed by atoms with Crippen LogP contribution >= 0.6 is 15.9 Å². The first kappa shape index (κ1) is 14.7. The maximum atomic E-state index is 10.9. The summed E-state index contributed by atoms with van der Waals surface area (Å²) < 4.78 is 6.79. The lowest BCUT2D eigenvalue weighted by Crippen LogP contribution is -2.04. The Labute approximate surface area is 135 Å². The second-order valence-corrected chi connectivity index (χ2v) is 5.84. The predicted molar refractivity (Wildman–Crippen MR) is 88.1 cm³/mol. The standard InChI is InChI=1S/C17H14BrNO3/c18-14-8-11(7-13-5-6-19-17(13)14)10-22-15-4-2-1-3-12(15)9-16(20)21/h1-8,19H,9-10H2,(H,20,21). The number of H-pyrrole nitrogens is 1. The topological polar surface area (TPSA) is 62.3 Å². The highest BCUT2D eigenvalue weighted by molar-refractivity contribution is 9.10. The zero-order valence-electron chi connectivity index (χ0n) is 11.7. The molecule has 5 heteroatoms. The van der Waals surface area contributed by atoms with Crippen LogP contribution in [0, 0.1) is 0 Å². The zero-order chi connectivity index (χ0) is 15.5. The average Bonchev–Trinajstić information content (AvgIpc) is 2.95. The molecule has 4 nitrogen and oxygen atoms in total. The molecule has 0 spiro atoms. The van der Waals surface area contributed by atoms with Crippen molar-refractivity contribution < 1.29 is 14.6 Å². The number of benzene rings is 2. The van der Waals surface area contributed by atoms with E-state index in [4.69, 9.17) is 9.84 Å². The Bertz CT molecular complexity index is 826. The molecule has 0 bridgehead atoms. The molecule has 0 fully saturated rings. The summed E-state index contributed by atoms with van der Waals surface area (Å²) in [4.78, 5) is 14.1. The third kappa shape index (κ3) is 3.14. The fourth-order valence-corrected chi connectivity index (χ4v) is 3.02. The van der Waals surface area contributed by atoms with Crippen LogP contribution in [0.25, 0.3) is 10.9 Å². The van der Waals surface area contributed by atoms with Gasteiger partial charge < -0.3 is 14.8 Å². The number of fused-ring (bicyclic) bond motifs is 1. The molecule has 0 radical (unpaired) electrons. The minimum absolute atomic E-state index is 0.0449. The molecule has 1 aromatic heterocycles. The van der Waals surface area contributed by atoms with Crippen LogP contribution in [0.4, 0.5) is 0 Å². The normalized spacial score (nSPS) is 10.8. The average molecular weight is 360 g/mol. The molecule has 0 aliphatic carbocycles. The predicted octanol–water partition coefficient (Wildman–Crippen LogP) is 4.14. The number of hydrogen-bond acceptors (Lipinski definition) is 2. The van der Waals surface area contributed by atoms with Crippen molar-refractivity contribution in [3.8, 4) is 5.75 Å². The first-order valence-electron chi connectivity index (χ1n) is 6.81. The van der Waals surface area contributed by atoms with Gasteiger partial charge in [-0.05, 0) is 45.8 Å². The lowest BCUT2D eigenvalue weighted by Gasteiger charge is -2.11. The van der Waals surface area contributed by atoms with E-state index in [-0.39, 0.29) is 6.42 Å². The number of hydrogen-bond donors (Lipinski definition) is 2. The highest BCUT2D eigenvalue weighted by atomic mass is 79.9. The van der Waals surface area contributed by atoms with Crippen LogP contribution in [0.3, 0.4) is 0 Å². The zero-order valence-corrected chi connectivity index (χ0v) is 13.3. The molecule has 2 aromatic carbocycles. The summed E-state index contributed by atoms with van der Waals surface area (Å²) in [5, 5.41) is 10.0. The lowest BCUT2D eigenvalue weighted by molar-refractivity contribution is -0.136. The number of carboxylic acids is 1. The van der Waals surface area contributed by atoms with Crippen LogP contribution in [0.5, 0.6) is 5.75 Å². The van der Waals surface area contributed by atoms with Crippen LogP contribution in [-0.2, 0) is 17.8 Å². The Balaban J connectivity index is 1.80. The van der Waals surface area contributed by atoms with E-state index in [1.807, 2.05) is 30.5 Å². The highest BCUT2D eigenvalue weighted by Crippen LogP contribution is 2.26. The smallest absolute Gasteiger partial charge is 0.307 e. The van der Waals surface area contributed by atoms with Gasteiger partial charge in [-0.25, -0.2) is 0 Å². The summed E-state index contributed by atoms with van der Waals surface area (Å²) >= 11 is 3.54. The van der Waals surface area contributed by atoms with Crippen molar-refractivity contribution in [2.24, 2.45) is 0 Å². The van der Waals surface area contributed by atoms with Crippen molar-refractivity contribution in [3.05, 3.63) is 64.3 Å². The van der Waals surface area contributed by atoms with Gasteiger partial charge in [0, 0.05) is 21.6 Å². The SMILES string of the molecule is O=C(O)Cc1ccccc1OCc1cc(Br)c2[nH]ccc2c1. The molecule has 112 valence electrons. The number of carbonyl (C=O) groups is 1. The second-order valence-electron chi connectivity index (χ2n) is 4.99. The largest absolute Gasteiger partial charge is 0.489 e. The lowest BCUT2D eigenvalue weighted by atomic mass is 10.1. The van der Waals surface area contributed by atoms with E-state index in [1.165, 1.54) is 0 Å². The van der Waals surface area contributed by atoms with E-state index in [9.17, 15) is 4.79 Å². The Kier molecular flexibility index (Phi) is 4.15. The number of aromatic nitrogens is 1. The number of halogens is 1. The number of nitrogens with one attached hydrogen (secondary N) is 1. The van der Waals surface area contributed by atoms with Crippen LogP contribution < -0.4 is 4.74 Å². The Hall–Kier alpha value is -2.27. The molecule has 0 amide bonds. The summed E-state index contributed by atoms with van der Waals surface area (Å²) in [5.74, 6) is -0.261. The summed E-state index contributed by atoms with van der Waals surface area (Å²) in [6.07, 6.45) is 1.85. The van der Waals surface area contributed by atoms with Gasteiger partial charge in [0.15, 0.2) is 0 Å². The van der Waals surface area contributed by atoms with E-state index in [2.05, 4.69) is 27.0 Å². The van der Waals surface area contributed by atoms with E-state index in [0.717, 1.165) is 20.9 Å². The Morgan fingerprint density at radius 1 is 1.23 bits per heavy atom. The summed E-state index contributed by atoms with van der Waals surface area (Å²) in [6, 6.07) is 13.3. The molecule has 0 saturated carbocycles. The van der Waals surface area contributed by atoms with Crippen LogP contribution in [0.1, 0.15) is 11.1 Å². The molecular formula is C17H14BrNO3. The van der Waals surface area contributed by atoms with Crippen molar-refractivity contribution in [2.45, 2.75) is 13.0 Å². The molecule has 3 rings (SSSR count). The maximum Gasteiger partial charge on any atom is 0.307 e. The van der Waals surface area contributed by atoms with Gasteiger partial charge in [-0.1, -0.05) is 18.2 Å². The monoisotopic (exact) mass is 359 g/mol. The Morgan fingerprint density at radius 3 is 2.86 bits per heavy atom. The van der Waals surface area contributed by atoms with Gasteiger partial charge in [0.25, 0.3) is 0 Å². The molecule has 0 unspecified atom stereocenters. The fourth-order valence-electron chi connectivity index (χ4n) is 2.38. The first-order valence-corrected chi connectivity index (χ1v) is 7.61. The van der Waals surface area contributed by atoms with Gasteiger partial charge in [-0.15, -0.1) is 0 Å². The third-order valence-electron chi connectivity index (χ3n) is 3.38. The molecule has 0 aliphatic rings. The van der Waals surface area contributed by atoms with Crippen LogP contribution in [-0.4, -0.2) is 16.1 Å². The molecule has 22 heavy (non-hydrogen) atoms. The number of aliphatic carboxylic acids is 1. The molecule has 1 heterocycles. The maximum absolute atomic E-state index is 10.9. The first-order chi connectivity index (χ1) is 10.6. The summed E-state index contributed by atoms with van der Waals surface area (Å²) in [6.45, 7) is 0.385. The summed E-state index contributed by atoms with van der Waals surface area (Å²) in [7, 11) is 0. The van der Waals surface area contributed by atoms with E-state index in [0.29, 0.717) is 17.9 Å². The number of aromatic amines is 1. The van der Waals surface area contributed by atoms with E-state index < -0.39 is 5.97 Å². The van der Waals surface area contributed by atoms with Crippen molar-refractivity contribution >= 4 is 32.8 Å². The fraction of sp³-hybridized carbons (Fsp3) is 0.118. The minimum Gasteiger partial charge on any atom is -0.489 e. The molecule has 2 N–H and O–H groups in total. The molecule has 0 atom stereocenters. The van der Waals surface area contributed by atoms with Crippen molar-refractivity contribution in [3.63, 3.8) is 0 Å². The van der Waals surface area contributed by atoms with Gasteiger partial charge in [0.05, 0.1) is 11.9 Å².